The van der Waals surface area contributed by atoms with Crippen molar-refractivity contribution in [2.45, 2.75) is 29.9 Å². The minimum Gasteiger partial charge on any atom is -0.469 e. The van der Waals surface area contributed by atoms with Crippen molar-refractivity contribution in [2.24, 2.45) is 5.92 Å². The van der Waals surface area contributed by atoms with Crippen LogP contribution < -0.4 is 0 Å². The van der Waals surface area contributed by atoms with E-state index in [9.17, 15) is 9.59 Å². The van der Waals surface area contributed by atoms with Crippen LogP contribution in [0.15, 0.2) is 35.2 Å². The number of rotatable bonds is 4. The largest absolute Gasteiger partial charge is 0.469 e. The quantitative estimate of drug-likeness (QED) is 0.633. The highest BCUT2D eigenvalue weighted by Gasteiger charge is 2.29. The lowest BCUT2D eigenvalue weighted by Gasteiger charge is -2.32. The summed E-state index contributed by atoms with van der Waals surface area (Å²) in [6, 6.07) is 9.94. The summed E-state index contributed by atoms with van der Waals surface area (Å²) in [5.41, 5.74) is 0. The molecule has 0 bridgehead atoms. The molecule has 1 unspecified atom stereocenters. The van der Waals surface area contributed by atoms with E-state index in [1.165, 1.54) is 7.11 Å². The Bertz CT molecular complexity index is 484. The molecular weight excluding hydrogens is 286 g/mol. The first-order valence-electron chi connectivity index (χ1n) is 7.20. The van der Waals surface area contributed by atoms with E-state index in [0.717, 1.165) is 4.90 Å². The van der Waals surface area contributed by atoms with Gasteiger partial charge in [0.1, 0.15) is 0 Å². The van der Waals surface area contributed by atoms with Gasteiger partial charge < -0.3 is 9.64 Å². The second-order valence-corrected chi connectivity index (χ2v) is 6.61. The molecule has 1 aliphatic rings. The third-order valence-corrected chi connectivity index (χ3v) is 4.84. The Morgan fingerprint density at radius 2 is 1.86 bits per heavy atom. The van der Waals surface area contributed by atoms with Gasteiger partial charge in [-0.3, -0.25) is 9.59 Å². The van der Waals surface area contributed by atoms with Crippen molar-refractivity contribution in [3.05, 3.63) is 30.3 Å². The molecule has 1 aromatic carbocycles. The van der Waals surface area contributed by atoms with Crippen molar-refractivity contribution < 1.29 is 14.3 Å². The van der Waals surface area contributed by atoms with Crippen LogP contribution in [0.4, 0.5) is 0 Å². The van der Waals surface area contributed by atoms with Crippen LogP contribution in [0.2, 0.25) is 0 Å². The van der Waals surface area contributed by atoms with Gasteiger partial charge >= 0.3 is 5.97 Å². The van der Waals surface area contributed by atoms with Crippen LogP contribution in [-0.4, -0.2) is 42.2 Å². The smallest absolute Gasteiger partial charge is 0.308 e. The third-order valence-electron chi connectivity index (χ3n) is 3.74. The number of piperidine rings is 1. The molecule has 0 radical (unpaired) electrons. The highest BCUT2D eigenvalue weighted by atomic mass is 32.2. The molecule has 0 spiro atoms. The molecule has 1 fully saturated rings. The second-order valence-electron chi connectivity index (χ2n) is 5.20. The number of carbonyl (C=O) groups excluding carboxylic acids is 2. The molecule has 0 N–H and O–H groups in total. The summed E-state index contributed by atoms with van der Waals surface area (Å²) < 4.78 is 4.77. The number of thioether (sulfide) groups is 1. The summed E-state index contributed by atoms with van der Waals surface area (Å²) in [5.74, 6) is -0.0721. The average molecular weight is 307 g/mol. The van der Waals surface area contributed by atoms with Crippen LogP contribution in [0.1, 0.15) is 19.8 Å². The molecule has 0 aliphatic carbocycles. The first kappa shape index (κ1) is 15.9. The standard InChI is InChI=1S/C16H21NO3S/c1-12(21-14-6-4-3-5-7-14)15(18)17-10-8-13(9-11-17)16(19)20-2/h3-7,12-13H,8-11H2,1-2H3. The Balaban J connectivity index is 1.85. The highest BCUT2D eigenvalue weighted by Crippen LogP contribution is 2.26. The summed E-state index contributed by atoms with van der Waals surface area (Å²) in [6.45, 7) is 3.21. The average Bonchev–Trinajstić information content (AvgIpc) is 2.54. The first-order valence-corrected chi connectivity index (χ1v) is 8.08. The third kappa shape index (κ3) is 4.24. The number of benzene rings is 1. The lowest BCUT2D eigenvalue weighted by Crippen LogP contribution is -2.43. The minimum absolute atomic E-state index is 0.0591. The van der Waals surface area contributed by atoms with Gasteiger partial charge in [0.2, 0.25) is 5.91 Å². The van der Waals surface area contributed by atoms with Gasteiger partial charge in [-0.05, 0) is 31.9 Å². The van der Waals surface area contributed by atoms with Crippen LogP contribution in [0.25, 0.3) is 0 Å². The van der Waals surface area contributed by atoms with Gasteiger partial charge in [0, 0.05) is 18.0 Å². The molecule has 2 rings (SSSR count). The zero-order valence-corrected chi connectivity index (χ0v) is 13.3. The van der Waals surface area contributed by atoms with E-state index in [1.807, 2.05) is 42.2 Å². The highest BCUT2D eigenvalue weighted by molar-refractivity contribution is 8.00. The molecule has 0 aromatic heterocycles. The molecule has 21 heavy (non-hydrogen) atoms. The zero-order valence-electron chi connectivity index (χ0n) is 12.5. The number of likely N-dealkylation sites (tertiary alicyclic amines) is 1. The van der Waals surface area contributed by atoms with Gasteiger partial charge in [-0.1, -0.05) is 18.2 Å². The van der Waals surface area contributed by atoms with Crippen molar-refractivity contribution in [3.63, 3.8) is 0 Å². The van der Waals surface area contributed by atoms with Gasteiger partial charge in [-0.25, -0.2) is 0 Å². The van der Waals surface area contributed by atoms with E-state index < -0.39 is 0 Å². The van der Waals surface area contributed by atoms with Crippen LogP contribution in [0.5, 0.6) is 0 Å². The molecule has 1 amide bonds. The fourth-order valence-electron chi connectivity index (χ4n) is 2.51. The van der Waals surface area contributed by atoms with Crippen molar-refractivity contribution in [3.8, 4) is 0 Å². The minimum atomic E-state index is -0.159. The Morgan fingerprint density at radius 3 is 2.43 bits per heavy atom. The van der Waals surface area contributed by atoms with E-state index in [2.05, 4.69) is 0 Å². The fourth-order valence-corrected chi connectivity index (χ4v) is 3.49. The molecule has 4 nitrogen and oxygen atoms in total. The number of methoxy groups -OCH3 is 1. The van der Waals surface area contributed by atoms with E-state index in [4.69, 9.17) is 4.74 Å². The maximum Gasteiger partial charge on any atom is 0.308 e. The summed E-state index contributed by atoms with van der Waals surface area (Å²) in [5, 5.41) is -0.109. The molecule has 1 heterocycles. The Hall–Kier alpha value is -1.49. The fraction of sp³-hybridized carbons (Fsp3) is 0.500. The van der Waals surface area contributed by atoms with Gasteiger partial charge in [0.25, 0.3) is 0 Å². The molecule has 1 aliphatic heterocycles. The topological polar surface area (TPSA) is 46.6 Å². The summed E-state index contributed by atoms with van der Waals surface area (Å²) in [7, 11) is 1.42. The molecule has 0 saturated carbocycles. The van der Waals surface area contributed by atoms with Gasteiger partial charge in [-0.15, -0.1) is 11.8 Å². The molecule has 1 aromatic rings. The predicted molar refractivity (Wildman–Crippen MR) is 83.1 cm³/mol. The number of carbonyl (C=O) groups is 2. The molecular formula is C16H21NO3S. The molecule has 114 valence electrons. The Morgan fingerprint density at radius 1 is 1.24 bits per heavy atom. The summed E-state index contributed by atoms with van der Waals surface area (Å²) >= 11 is 1.57. The van der Waals surface area contributed by atoms with E-state index in [0.29, 0.717) is 25.9 Å². The maximum atomic E-state index is 12.4. The SMILES string of the molecule is COC(=O)C1CCN(C(=O)C(C)Sc2ccccc2)CC1. The lowest BCUT2D eigenvalue weighted by molar-refractivity contribution is -0.148. The van der Waals surface area contributed by atoms with E-state index >= 15 is 0 Å². The zero-order chi connectivity index (χ0) is 15.2. The Kier molecular flexibility index (Phi) is 5.67. The van der Waals surface area contributed by atoms with E-state index in [1.54, 1.807) is 11.8 Å². The van der Waals surface area contributed by atoms with Crippen LogP contribution in [-0.2, 0) is 14.3 Å². The van der Waals surface area contributed by atoms with Crippen molar-refractivity contribution >= 4 is 23.6 Å². The first-order chi connectivity index (χ1) is 10.1. The van der Waals surface area contributed by atoms with Gasteiger partial charge in [-0.2, -0.15) is 0 Å². The molecule has 1 atom stereocenters. The monoisotopic (exact) mass is 307 g/mol. The number of esters is 1. The number of nitrogens with zero attached hydrogens (tertiary/aromatic N) is 1. The number of hydrogen-bond acceptors (Lipinski definition) is 4. The van der Waals surface area contributed by atoms with Crippen LogP contribution in [0, 0.1) is 5.92 Å². The number of amides is 1. The van der Waals surface area contributed by atoms with Crippen molar-refractivity contribution in [1.29, 1.82) is 0 Å². The lowest BCUT2D eigenvalue weighted by atomic mass is 9.97. The van der Waals surface area contributed by atoms with Crippen molar-refractivity contribution in [1.82, 2.24) is 4.90 Å². The number of hydrogen-bond donors (Lipinski definition) is 0. The van der Waals surface area contributed by atoms with Gasteiger partial charge in [0.05, 0.1) is 18.3 Å². The second kappa shape index (κ2) is 7.50. The molecule has 5 heteroatoms. The number of ether oxygens (including phenoxy) is 1. The van der Waals surface area contributed by atoms with Gasteiger partial charge in [0.15, 0.2) is 0 Å². The Labute approximate surface area is 129 Å². The maximum absolute atomic E-state index is 12.4. The molecule has 1 saturated heterocycles. The van der Waals surface area contributed by atoms with Crippen LogP contribution in [0.3, 0.4) is 0 Å². The summed E-state index contributed by atoms with van der Waals surface area (Å²) in [4.78, 5) is 26.9. The van der Waals surface area contributed by atoms with Crippen molar-refractivity contribution in [2.75, 3.05) is 20.2 Å². The van der Waals surface area contributed by atoms with E-state index in [-0.39, 0.29) is 23.0 Å². The summed E-state index contributed by atoms with van der Waals surface area (Å²) in [6.07, 6.45) is 1.39. The normalized spacial score (nSPS) is 17.3. The van der Waals surface area contributed by atoms with Crippen LogP contribution >= 0.6 is 11.8 Å². The predicted octanol–water partition coefficient (Wildman–Crippen LogP) is 2.58.